The van der Waals surface area contributed by atoms with E-state index in [1.54, 1.807) is 14.0 Å². The second-order valence-corrected chi connectivity index (χ2v) is 7.39. The van der Waals surface area contributed by atoms with Crippen LogP contribution in [0.25, 0.3) is 0 Å². The number of hydrogen-bond donors (Lipinski definition) is 0. The van der Waals surface area contributed by atoms with Crippen LogP contribution in [0.4, 0.5) is 0 Å². The number of ether oxygens (including phenoxy) is 1. The van der Waals surface area contributed by atoms with E-state index in [1.165, 1.54) is 0 Å². The molecule has 1 aromatic heterocycles. The van der Waals surface area contributed by atoms with Gasteiger partial charge in [0, 0.05) is 19.4 Å². The van der Waals surface area contributed by atoms with E-state index in [4.69, 9.17) is 9.15 Å². The molecule has 1 aliphatic heterocycles. The molecule has 5 nitrogen and oxygen atoms in total. The molecule has 1 aromatic carbocycles. The Balaban J connectivity index is 1.72. The van der Waals surface area contributed by atoms with Crippen molar-refractivity contribution in [3.05, 3.63) is 52.5 Å². The van der Waals surface area contributed by atoms with E-state index in [1.807, 2.05) is 29.2 Å². The molecule has 142 valence electrons. The number of ketones is 1. The van der Waals surface area contributed by atoms with Crippen LogP contribution >= 0.6 is 0 Å². The molecule has 2 heterocycles. The number of carbonyl (C=O) groups is 2. The summed E-state index contributed by atoms with van der Waals surface area (Å²) >= 11 is 0. The third-order valence-corrected chi connectivity index (χ3v) is 5.70. The van der Waals surface area contributed by atoms with Crippen molar-refractivity contribution < 1.29 is 18.7 Å². The van der Waals surface area contributed by atoms with Gasteiger partial charge in [-0.05, 0) is 50.3 Å². The highest BCUT2D eigenvalue weighted by Crippen LogP contribution is 2.36. The lowest BCUT2D eigenvalue weighted by atomic mass is 9.90. The van der Waals surface area contributed by atoms with Crippen molar-refractivity contribution in [2.45, 2.75) is 51.5 Å². The Hall–Kier alpha value is -2.56. The number of fused-ring (bicyclic) bond motifs is 1. The molecule has 0 unspecified atom stereocenters. The van der Waals surface area contributed by atoms with Crippen LogP contribution in [0.3, 0.4) is 0 Å². The molecule has 1 amide bonds. The molecule has 1 aliphatic carbocycles. The number of carbonyl (C=O) groups excluding carboxylic acids is 2. The van der Waals surface area contributed by atoms with Gasteiger partial charge in [-0.3, -0.25) is 9.59 Å². The van der Waals surface area contributed by atoms with Crippen LogP contribution in [0.2, 0.25) is 0 Å². The first kappa shape index (κ1) is 17.8. The quantitative estimate of drug-likeness (QED) is 0.802. The van der Waals surface area contributed by atoms with Gasteiger partial charge in [0.15, 0.2) is 5.78 Å². The van der Waals surface area contributed by atoms with Gasteiger partial charge in [-0.15, -0.1) is 0 Å². The number of likely N-dealkylation sites (tertiary alicyclic amines) is 1. The third-order valence-electron chi connectivity index (χ3n) is 5.70. The number of aryl methyl sites for hydroxylation is 2. The zero-order valence-corrected chi connectivity index (χ0v) is 15.9. The number of Topliss-reactive ketones (excluding diaryl/α,β-unsaturated/α-hetero) is 1. The van der Waals surface area contributed by atoms with E-state index < -0.39 is 0 Å². The predicted octanol–water partition coefficient (Wildman–Crippen LogP) is 4.48. The highest BCUT2D eigenvalue weighted by molar-refractivity contribution is 6.10. The lowest BCUT2D eigenvalue weighted by molar-refractivity contribution is 0.0606. The summed E-state index contributed by atoms with van der Waals surface area (Å²) in [5.41, 5.74) is 2.08. The summed E-state index contributed by atoms with van der Waals surface area (Å²) in [5.74, 6) is 1.99. The van der Waals surface area contributed by atoms with E-state index in [2.05, 4.69) is 0 Å². The molecule has 0 bridgehead atoms. The maximum absolute atomic E-state index is 13.5. The molecule has 27 heavy (non-hydrogen) atoms. The van der Waals surface area contributed by atoms with Crippen molar-refractivity contribution in [2.75, 3.05) is 13.7 Å². The molecule has 2 aliphatic rings. The molecule has 1 fully saturated rings. The van der Waals surface area contributed by atoms with E-state index >= 15 is 0 Å². The van der Waals surface area contributed by atoms with Crippen LogP contribution in [0, 0.1) is 6.92 Å². The Labute approximate surface area is 159 Å². The summed E-state index contributed by atoms with van der Waals surface area (Å²) in [4.78, 5) is 27.9. The second-order valence-electron chi connectivity index (χ2n) is 7.39. The molecule has 0 radical (unpaired) electrons. The van der Waals surface area contributed by atoms with Crippen molar-refractivity contribution in [3.8, 4) is 5.75 Å². The van der Waals surface area contributed by atoms with E-state index in [0.29, 0.717) is 35.6 Å². The molecule has 0 N–H and O–H groups in total. The maximum atomic E-state index is 13.5. The Morgan fingerprint density at radius 3 is 2.89 bits per heavy atom. The zero-order valence-electron chi connectivity index (χ0n) is 15.9. The van der Waals surface area contributed by atoms with Gasteiger partial charge < -0.3 is 14.1 Å². The lowest BCUT2D eigenvalue weighted by Gasteiger charge is -2.36. The van der Waals surface area contributed by atoms with Crippen LogP contribution in [0.1, 0.15) is 75.9 Å². The summed E-state index contributed by atoms with van der Waals surface area (Å²) in [6.45, 7) is 2.48. The Bertz CT molecular complexity index is 882. The zero-order chi connectivity index (χ0) is 19.0. The monoisotopic (exact) mass is 367 g/mol. The molecule has 1 atom stereocenters. The molecule has 0 saturated carbocycles. The van der Waals surface area contributed by atoms with Gasteiger partial charge in [-0.2, -0.15) is 0 Å². The van der Waals surface area contributed by atoms with Crippen molar-refractivity contribution in [2.24, 2.45) is 0 Å². The minimum absolute atomic E-state index is 0.00927. The van der Waals surface area contributed by atoms with Gasteiger partial charge in [0.25, 0.3) is 5.91 Å². The number of amides is 1. The van der Waals surface area contributed by atoms with Gasteiger partial charge in [0.1, 0.15) is 17.3 Å². The summed E-state index contributed by atoms with van der Waals surface area (Å²) in [7, 11) is 1.65. The fourth-order valence-electron chi connectivity index (χ4n) is 4.38. The van der Waals surface area contributed by atoms with Crippen molar-refractivity contribution in [1.29, 1.82) is 0 Å². The Morgan fingerprint density at radius 2 is 2.07 bits per heavy atom. The number of furan rings is 1. The van der Waals surface area contributed by atoms with Gasteiger partial charge in [0.05, 0.1) is 24.3 Å². The maximum Gasteiger partial charge on any atom is 0.258 e. The van der Waals surface area contributed by atoms with Gasteiger partial charge in [-0.1, -0.05) is 12.1 Å². The highest BCUT2D eigenvalue weighted by Gasteiger charge is 2.36. The van der Waals surface area contributed by atoms with E-state index in [0.717, 1.165) is 43.4 Å². The van der Waals surface area contributed by atoms with Crippen molar-refractivity contribution >= 4 is 11.7 Å². The molecule has 5 heteroatoms. The lowest BCUT2D eigenvalue weighted by Crippen LogP contribution is -2.39. The number of hydrogen-bond acceptors (Lipinski definition) is 4. The van der Waals surface area contributed by atoms with Crippen LogP contribution in [0.15, 0.2) is 28.7 Å². The Morgan fingerprint density at radius 1 is 1.22 bits per heavy atom. The fourth-order valence-corrected chi connectivity index (χ4v) is 4.38. The minimum atomic E-state index is -0.0831. The van der Waals surface area contributed by atoms with Crippen LogP contribution in [-0.2, 0) is 6.42 Å². The summed E-state index contributed by atoms with van der Waals surface area (Å²) in [6.07, 6.45) is 4.97. The molecule has 1 saturated heterocycles. The van der Waals surface area contributed by atoms with Crippen molar-refractivity contribution in [1.82, 2.24) is 4.90 Å². The first-order valence-electron chi connectivity index (χ1n) is 9.70. The smallest absolute Gasteiger partial charge is 0.258 e. The molecule has 2 aromatic rings. The fraction of sp³-hybridized carbons (Fsp3) is 0.455. The molecular formula is C22H25NO4. The summed E-state index contributed by atoms with van der Waals surface area (Å²) in [6, 6.07) is 7.90. The average molecular weight is 367 g/mol. The third kappa shape index (κ3) is 3.15. The summed E-state index contributed by atoms with van der Waals surface area (Å²) in [5, 5.41) is 0. The second kappa shape index (κ2) is 7.22. The molecule has 0 spiro atoms. The number of nitrogens with zero attached hydrogens (tertiary/aromatic N) is 1. The normalized spacial score (nSPS) is 19.7. The van der Waals surface area contributed by atoms with Gasteiger partial charge in [-0.25, -0.2) is 0 Å². The number of rotatable bonds is 3. The number of benzene rings is 1. The largest absolute Gasteiger partial charge is 0.497 e. The first-order valence-corrected chi connectivity index (χ1v) is 9.70. The predicted molar refractivity (Wildman–Crippen MR) is 101 cm³/mol. The van der Waals surface area contributed by atoms with E-state index in [-0.39, 0.29) is 17.7 Å². The Kier molecular flexibility index (Phi) is 4.77. The number of methoxy groups -OCH3 is 1. The van der Waals surface area contributed by atoms with Gasteiger partial charge >= 0.3 is 0 Å². The first-order chi connectivity index (χ1) is 13.1. The molecular weight excluding hydrogens is 342 g/mol. The number of piperidine rings is 1. The summed E-state index contributed by atoms with van der Waals surface area (Å²) < 4.78 is 11.2. The van der Waals surface area contributed by atoms with Crippen LogP contribution in [-0.4, -0.2) is 30.2 Å². The van der Waals surface area contributed by atoms with E-state index in [9.17, 15) is 9.59 Å². The minimum Gasteiger partial charge on any atom is -0.497 e. The average Bonchev–Trinajstić information content (AvgIpc) is 3.04. The standard InChI is InChI=1S/C22H25NO4/c1-14-20(21-18(24)10-6-11-19(21)27-14)22(25)23-12-4-3-9-17(23)15-7-5-8-16(13-15)26-2/h5,7-8,13,17H,3-4,6,9-12H2,1-2H3/t17-/m1/s1. The topological polar surface area (TPSA) is 59.8 Å². The van der Waals surface area contributed by atoms with Gasteiger partial charge in [0.2, 0.25) is 0 Å². The van der Waals surface area contributed by atoms with Crippen LogP contribution < -0.4 is 4.74 Å². The highest BCUT2D eigenvalue weighted by atomic mass is 16.5. The SMILES string of the molecule is COc1cccc([C@H]2CCCCN2C(=O)c2c(C)oc3c2C(=O)CCC3)c1. The molecule has 4 rings (SSSR count). The van der Waals surface area contributed by atoms with Crippen LogP contribution in [0.5, 0.6) is 5.75 Å². The van der Waals surface area contributed by atoms with Crippen molar-refractivity contribution in [3.63, 3.8) is 0 Å².